The Bertz CT molecular complexity index is 400. The summed E-state index contributed by atoms with van der Waals surface area (Å²) in [5.41, 5.74) is -0.620. The number of rotatable bonds is 4. The lowest BCUT2D eigenvalue weighted by atomic mass is 9.97. The van der Waals surface area contributed by atoms with Crippen LogP contribution >= 0.6 is 11.8 Å². The molecule has 2 heterocycles. The lowest BCUT2D eigenvalue weighted by Crippen LogP contribution is -2.38. The second-order valence-electron chi connectivity index (χ2n) is 5.12. The highest BCUT2D eigenvalue weighted by molar-refractivity contribution is 7.99. The van der Waals surface area contributed by atoms with Gasteiger partial charge in [-0.05, 0) is 20.8 Å². The highest BCUT2D eigenvalue weighted by Gasteiger charge is 2.30. The molecule has 0 unspecified atom stereocenters. The van der Waals surface area contributed by atoms with Crippen LogP contribution in [0.5, 0.6) is 0 Å². The maximum Gasteiger partial charge on any atom is 0.191 e. The van der Waals surface area contributed by atoms with Crippen molar-refractivity contribution in [1.82, 2.24) is 14.8 Å². The standard InChI is InChI=1S/C12H21N3O2S/c1-9(2)15-10(3)13-14-11(15)18-8-12(16)4-6-17-7-5-12/h9,16H,4-8H2,1-3H3. The van der Waals surface area contributed by atoms with E-state index in [0.717, 1.165) is 11.0 Å². The molecular weight excluding hydrogens is 250 g/mol. The minimum Gasteiger partial charge on any atom is -0.389 e. The molecule has 0 aromatic carbocycles. The molecule has 102 valence electrons. The first-order valence-electron chi connectivity index (χ1n) is 6.36. The highest BCUT2D eigenvalue weighted by atomic mass is 32.2. The van der Waals surface area contributed by atoms with E-state index < -0.39 is 5.60 Å². The molecule has 0 radical (unpaired) electrons. The van der Waals surface area contributed by atoms with Crippen LogP contribution in [0, 0.1) is 6.92 Å². The fraction of sp³-hybridized carbons (Fsp3) is 0.833. The average molecular weight is 271 g/mol. The van der Waals surface area contributed by atoms with Gasteiger partial charge >= 0.3 is 0 Å². The first-order valence-corrected chi connectivity index (χ1v) is 7.35. The van der Waals surface area contributed by atoms with Crippen LogP contribution in [0.15, 0.2) is 5.16 Å². The minimum atomic E-state index is -0.620. The zero-order chi connectivity index (χ0) is 13.2. The van der Waals surface area contributed by atoms with E-state index in [0.29, 0.717) is 37.9 Å². The number of thioether (sulfide) groups is 1. The Kier molecular flexibility index (Phi) is 4.29. The van der Waals surface area contributed by atoms with Crippen molar-refractivity contribution in [1.29, 1.82) is 0 Å². The first-order chi connectivity index (χ1) is 8.52. The molecule has 1 aliphatic rings. The van der Waals surface area contributed by atoms with Gasteiger partial charge in [0.2, 0.25) is 0 Å². The predicted octanol–water partition coefficient (Wildman–Crippen LogP) is 1.80. The first kappa shape index (κ1) is 13.8. The van der Waals surface area contributed by atoms with Crippen molar-refractivity contribution >= 4 is 11.8 Å². The Labute approximate surface area is 112 Å². The van der Waals surface area contributed by atoms with Gasteiger partial charge in [0.15, 0.2) is 5.16 Å². The smallest absolute Gasteiger partial charge is 0.191 e. The lowest BCUT2D eigenvalue weighted by molar-refractivity contribution is -0.0476. The summed E-state index contributed by atoms with van der Waals surface area (Å²) in [5.74, 6) is 1.58. The van der Waals surface area contributed by atoms with Gasteiger partial charge in [0.25, 0.3) is 0 Å². The quantitative estimate of drug-likeness (QED) is 0.846. The largest absolute Gasteiger partial charge is 0.389 e. The molecule has 0 aliphatic carbocycles. The molecule has 1 aromatic rings. The number of nitrogens with zero attached hydrogens (tertiary/aromatic N) is 3. The van der Waals surface area contributed by atoms with E-state index in [1.807, 2.05) is 6.92 Å². The van der Waals surface area contributed by atoms with E-state index in [2.05, 4.69) is 28.6 Å². The zero-order valence-corrected chi connectivity index (χ0v) is 12.0. The van der Waals surface area contributed by atoms with Gasteiger partial charge in [-0.1, -0.05) is 11.8 Å². The van der Waals surface area contributed by atoms with E-state index in [1.54, 1.807) is 11.8 Å². The van der Waals surface area contributed by atoms with E-state index in [1.165, 1.54) is 0 Å². The Hall–Kier alpha value is -0.590. The summed E-state index contributed by atoms with van der Waals surface area (Å²) < 4.78 is 7.39. The maximum atomic E-state index is 10.4. The molecule has 18 heavy (non-hydrogen) atoms. The molecule has 2 rings (SSSR count). The molecule has 0 spiro atoms. The van der Waals surface area contributed by atoms with Crippen molar-refractivity contribution in [2.24, 2.45) is 0 Å². The van der Waals surface area contributed by atoms with Crippen LogP contribution in [0.2, 0.25) is 0 Å². The fourth-order valence-corrected chi connectivity index (χ4v) is 3.40. The zero-order valence-electron chi connectivity index (χ0n) is 11.2. The molecule has 0 atom stereocenters. The van der Waals surface area contributed by atoms with Crippen molar-refractivity contribution in [3.05, 3.63) is 5.82 Å². The molecule has 0 bridgehead atoms. The third kappa shape index (κ3) is 3.05. The van der Waals surface area contributed by atoms with Crippen molar-refractivity contribution in [2.75, 3.05) is 19.0 Å². The third-order valence-electron chi connectivity index (χ3n) is 3.24. The summed E-state index contributed by atoms with van der Waals surface area (Å²) in [6.07, 6.45) is 1.41. The summed E-state index contributed by atoms with van der Waals surface area (Å²) in [7, 11) is 0. The number of aryl methyl sites for hydroxylation is 1. The topological polar surface area (TPSA) is 60.2 Å². The van der Waals surface area contributed by atoms with Gasteiger partial charge in [-0.25, -0.2) is 0 Å². The van der Waals surface area contributed by atoms with Gasteiger partial charge in [-0.15, -0.1) is 10.2 Å². The monoisotopic (exact) mass is 271 g/mol. The summed E-state index contributed by atoms with van der Waals surface area (Å²) in [4.78, 5) is 0. The molecule has 1 fully saturated rings. The SMILES string of the molecule is Cc1nnc(SCC2(O)CCOCC2)n1C(C)C. The molecule has 1 aliphatic heterocycles. The van der Waals surface area contributed by atoms with Crippen LogP contribution < -0.4 is 0 Å². The normalized spacial score (nSPS) is 19.4. The second kappa shape index (κ2) is 5.59. The van der Waals surface area contributed by atoms with Crippen LogP contribution in [-0.2, 0) is 4.74 Å². The molecule has 0 amide bonds. The summed E-state index contributed by atoms with van der Waals surface area (Å²) in [6.45, 7) is 7.48. The molecule has 0 saturated carbocycles. The van der Waals surface area contributed by atoms with E-state index in [9.17, 15) is 5.11 Å². The number of ether oxygens (including phenoxy) is 1. The predicted molar refractivity (Wildman–Crippen MR) is 70.9 cm³/mol. The van der Waals surface area contributed by atoms with Gasteiger partial charge < -0.3 is 14.4 Å². The highest BCUT2D eigenvalue weighted by Crippen LogP contribution is 2.29. The van der Waals surface area contributed by atoms with E-state index >= 15 is 0 Å². The van der Waals surface area contributed by atoms with Gasteiger partial charge in [0, 0.05) is 37.9 Å². The number of aliphatic hydroxyl groups is 1. The van der Waals surface area contributed by atoms with Crippen LogP contribution in [0.25, 0.3) is 0 Å². The van der Waals surface area contributed by atoms with Crippen molar-refractivity contribution in [3.8, 4) is 0 Å². The minimum absolute atomic E-state index is 0.340. The Morgan fingerprint density at radius 1 is 1.39 bits per heavy atom. The van der Waals surface area contributed by atoms with Crippen LogP contribution in [0.3, 0.4) is 0 Å². The fourth-order valence-electron chi connectivity index (χ4n) is 2.14. The van der Waals surface area contributed by atoms with Crippen molar-refractivity contribution in [2.45, 2.75) is 50.4 Å². The van der Waals surface area contributed by atoms with Crippen LogP contribution in [-0.4, -0.2) is 44.4 Å². The van der Waals surface area contributed by atoms with Gasteiger partial charge in [-0.2, -0.15) is 0 Å². The van der Waals surface area contributed by atoms with E-state index in [4.69, 9.17) is 4.74 Å². The molecule has 1 saturated heterocycles. The van der Waals surface area contributed by atoms with Crippen molar-refractivity contribution in [3.63, 3.8) is 0 Å². The van der Waals surface area contributed by atoms with Gasteiger partial charge in [0.05, 0.1) is 5.60 Å². The Morgan fingerprint density at radius 2 is 2.06 bits per heavy atom. The number of hydrogen-bond donors (Lipinski definition) is 1. The summed E-state index contributed by atoms with van der Waals surface area (Å²) in [5, 5.41) is 19.6. The molecular formula is C12H21N3O2S. The second-order valence-corrected chi connectivity index (χ2v) is 6.06. The molecule has 6 heteroatoms. The van der Waals surface area contributed by atoms with Gasteiger partial charge in [-0.3, -0.25) is 0 Å². The summed E-state index contributed by atoms with van der Waals surface area (Å²) >= 11 is 1.59. The average Bonchev–Trinajstić information content (AvgIpc) is 2.69. The summed E-state index contributed by atoms with van der Waals surface area (Å²) in [6, 6.07) is 0.340. The van der Waals surface area contributed by atoms with Crippen LogP contribution in [0.1, 0.15) is 38.6 Å². The Balaban J connectivity index is 2.01. The number of hydrogen-bond acceptors (Lipinski definition) is 5. The maximum absolute atomic E-state index is 10.4. The molecule has 1 N–H and O–H groups in total. The third-order valence-corrected chi connectivity index (χ3v) is 4.46. The van der Waals surface area contributed by atoms with Crippen LogP contribution in [0.4, 0.5) is 0 Å². The molecule has 5 nitrogen and oxygen atoms in total. The van der Waals surface area contributed by atoms with E-state index in [-0.39, 0.29) is 0 Å². The lowest BCUT2D eigenvalue weighted by Gasteiger charge is -2.31. The molecule has 1 aromatic heterocycles. The van der Waals surface area contributed by atoms with Gasteiger partial charge in [0.1, 0.15) is 5.82 Å². The number of aromatic nitrogens is 3. The van der Waals surface area contributed by atoms with Crippen molar-refractivity contribution < 1.29 is 9.84 Å². The Morgan fingerprint density at radius 3 is 2.67 bits per heavy atom.